The molecule has 0 radical (unpaired) electrons. The standard InChI is InChI=1S/C11H11BrN2O3S/c1-11(2,3)10-14-5-7(18-10)6(15)4(9(16)17)13-8(5)12/h15H,1-3H3,(H,16,17). The third-order valence-electron chi connectivity index (χ3n) is 2.32. The van der Waals surface area contributed by atoms with E-state index in [1.807, 2.05) is 20.8 Å². The number of halogens is 1. The molecule has 0 amide bonds. The first kappa shape index (κ1) is 13.2. The van der Waals surface area contributed by atoms with Gasteiger partial charge < -0.3 is 10.2 Å². The number of hydrogen-bond acceptors (Lipinski definition) is 5. The monoisotopic (exact) mass is 330 g/mol. The number of rotatable bonds is 1. The second kappa shape index (κ2) is 4.17. The maximum atomic E-state index is 11.0. The predicted octanol–water partition coefficient (Wildman–Crippen LogP) is 3.16. The number of aromatic hydroxyl groups is 1. The van der Waals surface area contributed by atoms with E-state index in [9.17, 15) is 9.90 Å². The van der Waals surface area contributed by atoms with Gasteiger partial charge in [0.2, 0.25) is 0 Å². The van der Waals surface area contributed by atoms with Crippen LogP contribution in [0.1, 0.15) is 36.3 Å². The van der Waals surface area contributed by atoms with Crippen molar-refractivity contribution in [3.63, 3.8) is 0 Å². The van der Waals surface area contributed by atoms with E-state index >= 15 is 0 Å². The van der Waals surface area contributed by atoms with E-state index in [4.69, 9.17) is 5.11 Å². The van der Waals surface area contributed by atoms with E-state index < -0.39 is 5.97 Å². The molecule has 2 rings (SSSR count). The van der Waals surface area contributed by atoms with Gasteiger partial charge in [-0.05, 0) is 15.9 Å². The SMILES string of the molecule is CC(C)(C)c1nc2c(Br)nc(C(=O)O)c(O)c2s1. The van der Waals surface area contributed by atoms with Crippen molar-refractivity contribution >= 4 is 43.5 Å². The minimum atomic E-state index is -1.26. The summed E-state index contributed by atoms with van der Waals surface area (Å²) in [5, 5.41) is 19.7. The first-order valence-corrected chi connectivity index (χ1v) is 6.75. The molecule has 2 N–H and O–H groups in total. The molecule has 0 saturated heterocycles. The Labute approximate surface area is 116 Å². The van der Waals surface area contributed by atoms with Gasteiger partial charge in [-0.3, -0.25) is 0 Å². The number of hydrogen-bond donors (Lipinski definition) is 2. The Kier molecular flexibility index (Phi) is 3.06. The van der Waals surface area contributed by atoms with Crippen LogP contribution in [0.4, 0.5) is 0 Å². The van der Waals surface area contributed by atoms with Gasteiger partial charge >= 0.3 is 5.97 Å². The molecule has 5 nitrogen and oxygen atoms in total. The molecule has 7 heteroatoms. The Morgan fingerprint density at radius 1 is 1.33 bits per heavy atom. The zero-order valence-electron chi connectivity index (χ0n) is 9.98. The molecule has 0 spiro atoms. The van der Waals surface area contributed by atoms with Crippen LogP contribution in [0.2, 0.25) is 0 Å². The van der Waals surface area contributed by atoms with E-state index in [1.54, 1.807) is 0 Å². The Morgan fingerprint density at radius 3 is 2.44 bits per heavy atom. The fourth-order valence-electron chi connectivity index (χ4n) is 1.40. The molecule has 0 unspecified atom stereocenters. The second-order valence-electron chi connectivity index (χ2n) is 4.85. The molecular weight excluding hydrogens is 320 g/mol. The van der Waals surface area contributed by atoms with Crippen molar-refractivity contribution in [1.29, 1.82) is 0 Å². The summed E-state index contributed by atoms with van der Waals surface area (Å²) >= 11 is 4.47. The van der Waals surface area contributed by atoms with E-state index in [0.717, 1.165) is 5.01 Å². The molecule has 96 valence electrons. The fourth-order valence-corrected chi connectivity index (χ4v) is 3.07. The summed E-state index contributed by atoms with van der Waals surface area (Å²) < 4.78 is 0.777. The highest BCUT2D eigenvalue weighted by Crippen LogP contribution is 2.39. The molecule has 0 fully saturated rings. The van der Waals surface area contributed by atoms with Crippen LogP contribution < -0.4 is 0 Å². The highest BCUT2D eigenvalue weighted by Gasteiger charge is 2.25. The van der Waals surface area contributed by atoms with Crippen LogP contribution in [-0.2, 0) is 5.41 Å². The smallest absolute Gasteiger partial charge is 0.358 e. The van der Waals surface area contributed by atoms with E-state index in [1.165, 1.54) is 11.3 Å². The number of aromatic nitrogens is 2. The number of thiazole rings is 1. The van der Waals surface area contributed by atoms with Gasteiger partial charge in [-0.1, -0.05) is 20.8 Å². The van der Waals surface area contributed by atoms with Gasteiger partial charge in [0.1, 0.15) is 14.8 Å². The lowest BCUT2D eigenvalue weighted by Crippen LogP contribution is -2.09. The molecule has 0 aromatic carbocycles. The zero-order chi connectivity index (χ0) is 13.7. The van der Waals surface area contributed by atoms with Crippen LogP contribution >= 0.6 is 27.3 Å². The molecular formula is C11H11BrN2O3S. The van der Waals surface area contributed by atoms with Gasteiger partial charge in [0.05, 0.1) is 5.01 Å². The minimum Gasteiger partial charge on any atom is -0.504 e. The number of aromatic carboxylic acids is 1. The molecule has 2 aromatic heterocycles. The molecule has 0 aliphatic heterocycles. The van der Waals surface area contributed by atoms with Crippen molar-refractivity contribution < 1.29 is 15.0 Å². The molecule has 0 aliphatic rings. The highest BCUT2D eigenvalue weighted by molar-refractivity contribution is 9.10. The first-order valence-electron chi connectivity index (χ1n) is 5.14. The van der Waals surface area contributed by atoms with E-state index in [0.29, 0.717) is 14.8 Å². The fraction of sp³-hybridized carbons (Fsp3) is 0.364. The van der Waals surface area contributed by atoms with Crippen molar-refractivity contribution in [3.8, 4) is 5.75 Å². The highest BCUT2D eigenvalue weighted by atomic mass is 79.9. The third kappa shape index (κ3) is 2.08. The predicted molar refractivity (Wildman–Crippen MR) is 72.4 cm³/mol. The topological polar surface area (TPSA) is 83.3 Å². The molecule has 0 aliphatic carbocycles. The lowest BCUT2D eigenvalue weighted by molar-refractivity contribution is 0.0687. The molecule has 0 bridgehead atoms. The van der Waals surface area contributed by atoms with Crippen LogP contribution in [0.5, 0.6) is 5.75 Å². The zero-order valence-corrected chi connectivity index (χ0v) is 12.4. The summed E-state index contributed by atoms with van der Waals surface area (Å²) in [6, 6.07) is 0. The van der Waals surface area contributed by atoms with Crippen LogP contribution in [0.3, 0.4) is 0 Å². The Hall–Kier alpha value is -1.21. The number of nitrogens with zero attached hydrogens (tertiary/aromatic N) is 2. The molecule has 0 atom stereocenters. The van der Waals surface area contributed by atoms with Gasteiger partial charge in [0.25, 0.3) is 0 Å². The van der Waals surface area contributed by atoms with Crippen molar-refractivity contribution in [2.24, 2.45) is 0 Å². The van der Waals surface area contributed by atoms with Crippen molar-refractivity contribution in [3.05, 3.63) is 15.3 Å². The number of carbonyl (C=O) groups is 1. The molecule has 0 saturated carbocycles. The Balaban J connectivity index is 2.81. The minimum absolute atomic E-state index is 0.168. The van der Waals surface area contributed by atoms with Crippen molar-refractivity contribution in [2.45, 2.75) is 26.2 Å². The average Bonchev–Trinajstić information content (AvgIpc) is 2.67. The maximum Gasteiger partial charge on any atom is 0.358 e. The molecule has 2 aromatic rings. The van der Waals surface area contributed by atoms with Crippen LogP contribution in [0, 0.1) is 0 Å². The number of carboxylic acid groups (broad SMARTS) is 1. The Morgan fingerprint density at radius 2 is 1.94 bits per heavy atom. The average molecular weight is 331 g/mol. The summed E-state index contributed by atoms with van der Waals surface area (Å²) in [5.74, 6) is -1.59. The lowest BCUT2D eigenvalue weighted by Gasteiger charge is -2.13. The number of carboxylic acids is 1. The van der Waals surface area contributed by atoms with Crippen molar-refractivity contribution in [1.82, 2.24) is 9.97 Å². The van der Waals surface area contributed by atoms with Gasteiger partial charge in [0.15, 0.2) is 11.4 Å². The summed E-state index contributed by atoms with van der Waals surface area (Å²) in [6.45, 7) is 6.00. The van der Waals surface area contributed by atoms with Crippen molar-refractivity contribution in [2.75, 3.05) is 0 Å². The summed E-state index contributed by atoms with van der Waals surface area (Å²) in [5.41, 5.74) is -0.0372. The van der Waals surface area contributed by atoms with Crippen LogP contribution in [0.15, 0.2) is 4.60 Å². The van der Waals surface area contributed by atoms with E-state index in [-0.39, 0.29) is 16.9 Å². The normalized spacial score (nSPS) is 12.0. The summed E-state index contributed by atoms with van der Waals surface area (Å²) in [4.78, 5) is 19.2. The second-order valence-corrected chi connectivity index (χ2v) is 6.60. The quantitative estimate of drug-likeness (QED) is 0.784. The summed E-state index contributed by atoms with van der Waals surface area (Å²) in [7, 11) is 0. The van der Waals surface area contributed by atoms with Gasteiger partial charge in [0, 0.05) is 5.41 Å². The van der Waals surface area contributed by atoms with Crippen LogP contribution in [0.25, 0.3) is 10.2 Å². The Bertz CT molecular complexity index is 646. The van der Waals surface area contributed by atoms with Crippen LogP contribution in [-0.4, -0.2) is 26.2 Å². The lowest BCUT2D eigenvalue weighted by atomic mass is 9.98. The molecule has 2 heterocycles. The van der Waals surface area contributed by atoms with E-state index in [2.05, 4.69) is 25.9 Å². The largest absolute Gasteiger partial charge is 0.504 e. The molecule has 18 heavy (non-hydrogen) atoms. The number of pyridine rings is 1. The maximum absolute atomic E-state index is 11.0. The number of fused-ring (bicyclic) bond motifs is 1. The third-order valence-corrected chi connectivity index (χ3v) is 4.36. The summed E-state index contributed by atoms with van der Waals surface area (Å²) in [6.07, 6.45) is 0. The van der Waals surface area contributed by atoms with Gasteiger partial charge in [-0.2, -0.15) is 0 Å². The van der Waals surface area contributed by atoms with Gasteiger partial charge in [-0.25, -0.2) is 14.8 Å². The van der Waals surface area contributed by atoms with Gasteiger partial charge in [-0.15, -0.1) is 11.3 Å². The first-order chi connectivity index (χ1) is 8.21.